The highest BCUT2D eigenvalue weighted by Crippen LogP contribution is 2.04. The summed E-state index contributed by atoms with van der Waals surface area (Å²) in [5, 5.41) is 2.31. The maximum absolute atomic E-state index is 11.1. The lowest BCUT2D eigenvalue weighted by atomic mass is 10.2. The third-order valence-corrected chi connectivity index (χ3v) is 1.56. The summed E-state index contributed by atoms with van der Waals surface area (Å²) in [5.41, 5.74) is 0.493. The van der Waals surface area contributed by atoms with E-state index in [-0.39, 0.29) is 0 Å². The van der Waals surface area contributed by atoms with E-state index in [1.165, 1.54) is 0 Å². The Bertz CT molecular complexity index is 370. The molecule has 1 amide bonds. The lowest BCUT2D eigenvalue weighted by molar-refractivity contribution is -0.142. The van der Waals surface area contributed by atoms with Crippen LogP contribution < -0.4 is 5.32 Å². The van der Waals surface area contributed by atoms with Gasteiger partial charge in [0, 0.05) is 12.6 Å². The standard InChI is InChI=1S/C10H9NO3/c1-7(12)9(13)10(14)11-8-5-3-2-4-6-8/h2-6H,1H3,(H,11,14). The normalized spacial score (nSPS) is 9.21. The fourth-order valence-electron chi connectivity index (χ4n) is 0.869. The first-order valence-corrected chi connectivity index (χ1v) is 4.02. The minimum Gasteiger partial charge on any atom is -0.319 e. The van der Waals surface area contributed by atoms with Gasteiger partial charge in [0.05, 0.1) is 0 Å². The van der Waals surface area contributed by atoms with Crippen LogP contribution in [-0.2, 0) is 14.4 Å². The quantitative estimate of drug-likeness (QED) is 0.567. The van der Waals surface area contributed by atoms with E-state index in [0.29, 0.717) is 5.69 Å². The summed E-state index contributed by atoms with van der Waals surface area (Å²) in [6.07, 6.45) is 0. The molecule has 0 spiro atoms. The predicted octanol–water partition coefficient (Wildman–Crippen LogP) is 0.783. The van der Waals surface area contributed by atoms with Crippen molar-refractivity contribution < 1.29 is 14.4 Å². The van der Waals surface area contributed by atoms with E-state index in [4.69, 9.17) is 0 Å². The van der Waals surface area contributed by atoms with E-state index in [2.05, 4.69) is 5.32 Å². The van der Waals surface area contributed by atoms with Gasteiger partial charge in [-0.25, -0.2) is 0 Å². The van der Waals surface area contributed by atoms with Crippen molar-refractivity contribution in [3.63, 3.8) is 0 Å². The van der Waals surface area contributed by atoms with Gasteiger partial charge in [-0.05, 0) is 12.1 Å². The molecule has 1 aromatic rings. The molecule has 1 N–H and O–H groups in total. The average molecular weight is 191 g/mol. The number of ketones is 2. The summed E-state index contributed by atoms with van der Waals surface area (Å²) in [4.78, 5) is 32.5. The molecule has 0 aliphatic carbocycles. The topological polar surface area (TPSA) is 63.2 Å². The zero-order chi connectivity index (χ0) is 10.6. The van der Waals surface area contributed by atoms with Gasteiger partial charge in [-0.3, -0.25) is 14.4 Å². The van der Waals surface area contributed by atoms with Crippen LogP contribution in [-0.4, -0.2) is 17.5 Å². The van der Waals surface area contributed by atoms with Crippen LogP contribution in [0.2, 0.25) is 0 Å². The molecule has 0 radical (unpaired) electrons. The maximum Gasteiger partial charge on any atom is 0.299 e. The summed E-state index contributed by atoms with van der Waals surface area (Å²) >= 11 is 0. The molecule has 0 aliphatic rings. The van der Waals surface area contributed by atoms with Crippen LogP contribution in [0.4, 0.5) is 5.69 Å². The molecule has 0 saturated carbocycles. The number of carbonyl (C=O) groups excluding carboxylic acids is 3. The predicted molar refractivity (Wildman–Crippen MR) is 50.8 cm³/mol. The number of nitrogens with one attached hydrogen (secondary N) is 1. The summed E-state index contributed by atoms with van der Waals surface area (Å²) in [6, 6.07) is 8.47. The Balaban J connectivity index is 2.67. The number of benzene rings is 1. The highest BCUT2D eigenvalue weighted by Gasteiger charge is 2.17. The van der Waals surface area contributed by atoms with Crippen molar-refractivity contribution in [1.82, 2.24) is 0 Å². The largest absolute Gasteiger partial charge is 0.319 e. The molecule has 0 saturated heterocycles. The number of Topliss-reactive ketones (excluding diaryl/α,β-unsaturated/α-hetero) is 2. The monoisotopic (exact) mass is 191 g/mol. The minimum absolute atomic E-state index is 0.493. The zero-order valence-corrected chi connectivity index (χ0v) is 7.61. The van der Waals surface area contributed by atoms with Crippen LogP contribution in [0.25, 0.3) is 0 Å². The second-order valence-corrected chi connectivity index (χ2v) is 2.71. The molecule has 1 aromatic carbocycles. The van der Waals surface area contributed by atoms with Crippen LogP contribution in [0.5, 0.6) is 0 Å². The van der Waals surface area contributed by atoms with Gasteiger partial charge in [0.25, 0.3) is 11.7 Å². The Kier molecular flexibility index (Phi) is 3.12. The molecule has 4 heteroatoms. The molecule has 0 heterocycles. The second kappa shape index (κ2) is 4.32. The summed E-state index contributed by atoms with van der Waals surface area (Å²) in [7, 11) is 0. The van der Waals surface area contributed by atoms with Crippen molar-refractivity contribution in [2.75, 3.05) is 5.32 Å². The first-order chi connectivity index (χ1) is 6.61. The summed E-state index contributed by atoms with van der Waals surface area (Å²) in [6.45, 7) is 1.06. The number of anilines is 1. The number of para-hydroxylation sites is 1. The van der Waals surface area contributed by atoms with Crippen LogP contribution >= 0.6 is 0 Å². The van der Waals surface area contributed by atoms with Crippen molar-refractivity contribution in [2.24, 2.45) is 0 Å². The van der Waals surface area contributed by atoms with E-state index in [9.17, 15) is 14.4 Å². The molecule has 0 fully saturated rings. The van der Waals surface area contributed by atoms with Crippen LogP contribution in [0.3, 0.4) is 0 Å². The average Bonchev–Trinajstić information content (AvgIpc) is 2.18. The summed E-state index contributed by atoms with van der Waals surface area (Å²) < 4.78 is 0. The number of amides is 1. The van der Waals surface area contributed by atoms with Gasteiger partial charge in [-0.15, -0.1) is 0 Å². The molecule has 14 heavy (non-hydrogen) atoms. The molecular weight excluding hydrogens is 182 g/mol. The Morgan fingerprint density at radius 1 is 1.07 bits per heavy atom. The van der Waals surface area contributed by atoms with Crippen molar-refractivity contribution in [1.29, 1.82) is 0 Å². The third-order valence-electron chi connectivity index (χ3n) is 1.56. The van der Waals surface area contributed by atoms with Crippen molar-refractivity contribution in [3.05, 3.63) is 30.3 Å². The molecule has 0 aliphatic heterocycles. The van der Waals surface area contributed by atoms with Crippen molar-refractivity contribution in [3.8, 4) is 0 Å². The number of hydrogen-bond acceptors (Lipinski definition) is 3. The van der Waals surface area contributed by atoms with Crippen molar-refractivity contribution in [2.45, 2.75) is 6.92 Å². The molecule has 0 aromatic heterocycles. The van der Waals surface area contributed by atoms with Crippen LogP contribution in [0.15, 0.2) is 30.3 Å². The number of rotatable bonds is 3. The van der Waals surface area contributed by atoms with Gasteiger partial charge >= 0.3 is 0 Å². The molecule has 0 atom stereocenters. The highest BCUT2D eigenvalue weighted by molar-refractivity contribution is 6.65. The van der Waals surface area contributed by atoms with Crippen LogP contribution in [0, 0.1) is 0 Å². The number of hydrogen-bond donors (Lipinski definition) is 1. The highest BCUT2D eigenvalue weighted by atomic mass is 16.2. The van der Waals surface area contributed by atoms with E-state index in [1.807, 2.05) is 0 Å². The van der Waals surface area contributed by atoms with Gasteiger partial charge in [-0.1, -0.05) is 18.2 Å². The lowest BCUT2D eigenvalue weighted by Gasteiger charge is -2.01. The molecule has 0 bridgehead atoms. The van der Waals surface area contributed by atoms with E-state index in [0.717, 1.165) is 6.92 Å². The second-order valence-electron chi connectivity index (χ2n) is 2.71. The fraction of sp³-hybridized carbons (Fsp3) is 0.100. The first kappa shape index (κ1) is 10.1. The van der Waals surface area contributed by atoms with Crippen LogP contribution in [0.1, 0.15) is 6.92 Å². The van der Waals surface area contributed by atoms with Gasteiger partial charge in [0.2, 0.25) is 5.78 Å². The van der Waals surface area contributed by atoms with Gasteiger partial charge in [0.1, 0.15) is 0 Å². The molecule has 1 rings (SSSR count). The van der Waals surface area contributed by atoms with Gasteiger partial charge < -0.3 is 5.32 Å². The molecule has 0 unspecified atom stereocenters. The Hall–Kier alpha value is -1.97. The van der Waals surface area contributed by atoms with Gasteiger partial charge in [0.15, 0.2) is 0 Å². The van der Waals surface area contributed by atoms with E-state index >= 15 is 0 Å². The Morgan fingerprint density at radius 2 is 1.64 bits per heavy atom. The lowest BCUT2D eigenvalue weighted by Crippen LogP contribution is -2.27. The summed E-state index contributed by atoms with van der Waals surface area (Å²) in [5.74, 6) is -2.70. The van der Waals surface area contributed by atoms with E-state index < -0.39 is 17.5 Å². The molecule has 4 nitrogen and oxygen atoms in total. The zero-order valence-electron chi connectivity index (χ0n) is 7.61. The molecular formula is C10H9NO3. The third kappa shape index (κ3) is 2.52. The number of carbonyl (C=O) groups is 3. The minimum atomic E-state index is -1.03. The van der Waals surface area contributed by atoms with E-state index in [1.54, 1.807) is 30.3 Å². The SMILES string of the molecule is CC(=O)C(=O)C(=O)Nc1ccccc1. The smallest absolute Gasteiger partial charge is 0.299 e. The fourth-order valence-corrected chi connectivity index (χ4v) is 0.869. The maximum atomic E-state index is 11.1. The first-order valence-electron chi connectivity index (χ1n) is 4.02. The van der Waals surface area contributed by atoms with Crippen molar-refractivity contribution >= 4 is 23.2 Å². The van der Waals surface area contributed by atoms with Gasteiger partial charge in [-0.2, -0.15) is 0 Å². The Morgan fingerprint density at radius 3 is 2.14 bits per heavy atom. The Labute approximate surface area is 80.9 Å². The molecule has 72 valence electrons.